The van der Waals surface area contributed by atoms with Crippen molar-refractivity contribution in [1.29, 1.82) is 0 Å². The number of nitrogens with zero attached hydrogens (tertiary/aromatic N) is 4. The summed E-state index contributed by atoms with van der Waals surface area (Å²) in [6.45, 7) is 6.57. The van der Waals surface area contributed by atoms with Crippen LogP contribution in [0.1, 0.15) is 58.0 Å². The number of anilines is 1. The van der Waals surface area contributed by atoms with Gasteiger partial charge in [0, 0.05) is 48.8 Å². The van der Waals surface area contributed by atoms with E-state index in [0.717, 1.165) is 41.3 Å². The summed E-state index contributed by atoms with van der Waals surface area (Å²) < 4.78 is 0. The zero-order valence-electron chi connectivity index (χ0n) is 23.5. The Bertz CT molecular complexity index is 1540. The second kappa shape index (κ2) is 13.4. The first-order valence-corrected chi connectivity index (χ1v) is 13.5. The van der Waals surface area contributed by atoms with Crippen molar-refractivity contribution in [1.82, 2.24) is 14.9 Å². The number of hydrogen-bond acceptors (Lipinski definition) is 5. The summed E-state index contributed by atoms with van der Waals surface area (Å²) in [6.07, 6.45) is 10.1. The molecule has 0 bridgehead atoms. The van der Waals surface area contributed by atoms with Crippen LogP contribution in [0.2, 0.25) is 0 Å². The van der Waals surface area contributed by atoms with E-state index in [9.17, 15) is 9.59 Å². The Kier molecular flexibility index (Phi) is 9.52. The Morgan fingerprint density at radius 2 is 1.80 bits per heavy atom. The van der Waals surface area contributed by atoms with E-state index >= 15 is 0 Å². The molecular weight excluding hydrogens is 498 g/mol. The summed E-state index contributed by atoms with van der Waals surface area (Å²) >= 11 is 0. The summed E-state index contributed by atoms with van der Waals surface area (Å²) in [5.74, 6) is -0.292. The van der Waals surface area contributed by atoms with Crippen LogP contribution in [0.5, 0.6) is 0 Å². The van der Waals surface area contributed by atoms with Crippen LogP contribution < -0.4 is 5.32 Å². The number of aromatic nitrogens is 2. The fraction of sp³-hybridized carbons (Fsp3) is 0.242. The van der Waals surface area contributed by atoms with Gasteiger partial charge in [-0.2, -0.15) is 0 Å². The van der Waals surface area contributed by atoms with Crippen LogP contribution in [-0.2, 0) is 0 Å². The lowest BCUT2D eigenvalue weighted by atomic mass is 10.00. The molecule has 2 aromatic heterocycles. The second-order valence-corrected chi connectivity index (χ2v) is 9.79. The highest BCUT2D eigenvalue weighted by Gasteiger charge is 2.17. The first-order valence-electron chi connectivity index (χ1n) is 13.5. The van der Waals surface area contributed by atoms with Gasteiger partial charge in [-0.25, -0.2) is 4.98 Å². The van der Waals surface area contributed by atoms with Gasteiger partial charge in [-0.15, -0.1) is 0 Å². The molecule has 2 heterocycles. The number of benzene rings is 2. The molecule has 0 unspecified atom stereocenters. The minimum absolute atomic E-state index is 0.0462. The smallest absolute Gasteiger partial charge is 0.256 e. The SMILES string of the molecule is CC=NC=CCCCCN(C)C(=O)c1ccc(NC(=O)c2cc(-c3ccccn3)nc3c(C)cc(C)cc23)cc1. The van der Waals surface area contributed by atoms with Gasteiger partial charge in [-0.1, -0.05) is 23.8 Å². The molecule has 0 fully saturated rings. The summed E-state index contributed by atoms with van der Waals surface area (Å²) in [4.78, 5) is 41.5. The van der Waals surface area contributed by atoms with Crippen molar-refractivity contribution in [2.75, 3.05) is 18.9 Å². The van der Waals surface area contributed by atoms with E-state index in [2.05, 4.69) is 21.4 Å². The lowest BCUT2D eigenvalue weighted by molar-refractivity contribution is 0.0792. The molecule has 0 saturated carbocycles. The highest BCUT2D eigenvalue weighted by molar-refractivity contribution is 6.13. The van der Waals surface area contributed by atoms with E-state index in [1.54, 1.807) is 53.8 Å². The molecule has 0 aliphatic carbocycles. The molecule has 204 valence electrons. The summed E-state index contributed by atoms with van der Waals surface area (Å²) in [5.41, 5.74) is 5.88. The molecule has 0 radical (unpaired) electrons. The van der Waals surface area contributed by atoms with Gasteiger partial charge in [-0.05, 0) is 94.1 Å². The average Bonchev–Trinajstić information content (AvgIpc) is 2.96. The average molecular weight is 534 g/mol. The van der Waals surface area contributed by atoms with Gasteiger partial charge in [-0.3, -0.25) is 19.6 Å². The predicted octanol–water partition coefficient (Wildman–Crippen LogP) is 7.01. The monoisotopic (exact) mass is 533 g/mol. The van der Waals surface area contributed by atoms with Crippen LogP contribution in [0.25, 0.3) is 22.3 Å². The van der Waals surface area contributed by atoms with E-state index in [1.165, 1.54) is 0 Å². The first-order chi connectivity index (χ1) is 19.4. The number of carbonyl (C=O) groups excluding carboxylic acids is 2. The minimum atomic E-state index is -0.246. The van der Waals surface area contributed by atoms with Crippen LogP contribution in [0, 0.1) is 13.8 Å². The van der Waals surface area contributed by atoms with Gasteiger partial charge in [0.1, 0.15) is 0 Å². The molecule has 4 rings (SSSR count). The van der Waals surface area contributed by atoms with E-state index in [4.69, 9.17) is 4.98 Å². The Labute approximate surface area is 235 Å². The van der Waals surface area contributed by atoms with Crippen LogP contribution in [0.3, 0.4) is 0 Å². The third-order valence-electron chi connectivity index (χ3n) is 6.61. The Hall–Kier alpha value is -4.65. The second-order valence-electron chi connectivity index (χ2n) is 9.79. The van der Waals surface area contributed by atoms with E-state index < -0.39 is 0 Å². The Balaban J connectivity index is 1.48. The van der Waals surface area contributed by atoms with Gasteiger partial charge in [0.15, 0.2) is 0 Å². The quantitative estimate of drug-likeness (QED) is 0.175. The molecule has 0 atom stereocenters. The van der Waals surface area contributed by atoms with Gasteiger partial charge in [0.05, 0.1) is 22.5 Å². The zero-order valence-corrected chi connectivity index (χ0v) is 23.5. The number of unbranched alkanes of at least 4 members (excludes halogenated alkanes) is 2. The number of pyridine rings is 2. The van der Waals surface area contributed by atoms with Gasteiger partial charge in [0.2, 0.25) is 0 Å². The molecule has 0 saturated heterocycles. The molecule has 0 aliphatic heterocycles. The molecule has 4 aromatic rings. The number of carbonyl (C=O) groups is 2. The molecule has 7 nitrogen and oxygen atoms in total. The minimum Gasteiger partial charge on any atom is -0.342 e. The van der Waals surface area contributed by atoms with E-state index in [0.29, 0.717) is 34.7 Å². The summed E-state index contributed by atoms with van der Waals surface area (Å²) in [7, 11) is 1.81. The number of nitrogens with one attached hydrogen (secondary N) is 1. The molecule has 2 amide bonds. The topological polar surface area (TPSA) is 87.5 Å². The lowest BCUT2D eigenvalue weighted by Gasteiger charge is -2.17. The summed E-state index contributed by atoms with van der Waals surface area (Å²) in [6, 6.07) is 18.5. The largest absolute Gasteiger partial charge is 0.342 e. The molecule has 0 spiro atoms. The zero-order chi connectivity index (χ0) is 28.5. The van der Waals surface area contributed by atoms with Crippen molar-refractivity contribution < 1.29 is 9.59 Å². The number of rotatable bonds is 10. The number of amides is 2. The number of aryl methyl sites for hydroxylation is 2. The highest BCUT2D eigenvalue weighted by atomic mass is 16.2. The molecule has 0 aliphatic rings. The third-order valence-corrected chi connectivity index (χ3v) is 6.61. The Morgan fingerprint density at radius 3 is 2.52 bits per heavy atom. The highest BCUT2D eigenvalue weighted by Crippen LogP contribution is 2.28. The molecule has 7 heteroatoms. The third kappa shape index (κ3) is 7.05. The fourth-order valence-electron chi connectivity index (χ4n) is 4.56. The maximum atomic E-state index is 13.5. The van der Waals surface area contributed by atoms with Crippen LogP contribution in [0.15, 0.2) is 84.1 Å². The van der Waals surface area contributed by atoms with E-state index in [1.807, 2.05) is 58.2 Å². The maximum Gasteiger partial charge on any atom is 0.256 e. The normalized spacial score (nSPS) is 11.4. The van der Waals surface area contributed by atoms with Crippen molar-refractivity contribution >= 4 is 34.6 Å². The van der Waals surface area contributed by atoms with Crippen LogP contribution in [-0.4, -0.2) is 46.5 Å². The van der Waals surface area contributed by atoms with Gasteiger partial charge < -0.3 is 10.2 Å². The van der Waals surface area contributed by atoms with Crippen molar-refractivity contribution in [2.24, 2.45) is 4.99 Å². The molecule has 1 N–H and O–H groups in total. The van der Waals surface area contributed by atoms with Gasteiger partial charge >= 0.3 is 0 Å². The van der Waals surface area contributed by atoms with Crippen molar-refractivity contribution in [3.63, 3.8) is 0 Å². The van der Waals surface area contributed by atoms with Crippen LogP contribution in [0.4, 0.5) is 5.69 Å². The standard InChI is InChI=1S/C33H35N5O2/c1-5-34-17-9-6-7-11-19-38(4)33(40)25-13-15-26(16-14-25)36-32(39)28-22-30(29-12-8-10-18-35-29)37-31-24(3)20-23(2)21-27(28)31/h5,8-10,12-18,20-22H,6-7,11,19H2,1-4H3,(H,36,39). The lowest BCUT2D eigenvalue weighted by Crippen LogP contribution is -2.27. The fourth-order valence-corrected chi connectivity index (χ4v) is 4.56. The first kappa shape index (κ1) is 28.4. The van der Waals surface area contributed by atoms with Crippen LogP contribution >= 0.6 is 0 Å². The van der Waals surface area contributed by atoms with E-state index in [-0.39, 0.29) is 11.8 Å². The maximum absolute atomic E-state index is 13.5. The van der Waals surface area contributed by atoms with Crippen molar-refractivity contribution in [3.8, 4) is 11.4 Å². The van der Waals surface area contributed by atoms with Gasteiger partial charge in [0.25, 0.3) is 11.8 Å². The number of fused-ring (bicyclic) bond motifs is 1. The predicted molar refractivity (Wildman–Crippen MR) is 163 cm³/mol. The summed E-state index contributed by atoms with van der Waals surface area (Å²) in [5, 5.41) is 3.79. The number of allylic oxidation sites excluding steroid dienone is 1. The number of aliphatic imine (C=N–C) groups is 1. The van der Waals surface area contributed by atoms with Crippen molar-refractivity contribution in [2.45, 2.75) is 40.0 Å². The molecular formula is C33H35N5O2. The Morgan fingerprint density at radius 1 is 1.00 bits per heavy atom. The van der Waals surface area contributed by atoms with Crippen molar-refractivity contribution in [3.05, 3.63) is 101 Å². The molecule has 2 aromatic carbocycles. The molecule has 40 heavy (non-hydrogen) atoms. The number of hydrogen-bond donors (Lipinski definition) is 1.